The molecule has 0 bridgehead atoms. The number of rotatable bonds is 7. The van der Waals surface area contributed by atoms with Gasteiger partial charge in [0, 0.05) is 38.5 Å². The van der Waals surface area contributed by atoms with Crippen LogP contribution in [0.2, 0.25) is 0 Å². The molecule has 170 valence electrons. The lowest BCUT2D eigenvalue weighted by Crippen LogP contribution is -2.46. The minimum absolute atomic E-state index is 0.0508. The molecule has 3 fully saturated rings. The number of carbonyl (C=O) groups excluding carboxylic acids is 2. The third-order valence-electron chi connectivity index (χ3n) is 6.48. The van der Waals surface area contributed by atoms with Crippen molar-refractivity contribution in [3.05, 3.63) is 23.8 Å². The number of piperidine rings is 1. The van der Waals surface area contributed by atoms with E-state index in [1.54, 1.807) is 14.2 Å². The SMILES string of the molecule is COc1ccc(CCN2CC(C(=O)N3CCCC(C4OCCO4)C3)CC2=O)cc1OC. The van der Waals surface area contributed by atoms with Gasteiger partial charge in [-0.05, 0) is 37.0 Å². The number of hydrogen-bond donors (Lipinski definition) is 0. The topological polar surface area (TPSA) is 77.5 Å². The molecule has 3 heterocycles. The molecule has 8 heteroatoms. The Bertz CT molecular complexity index is 794. The predicted octanol–water partition coefficient (Wildman–Crippen LogP) is 1.71. The molecule has 2 amide bonds. The Morgan fingerprint density at radius 3 is 2.65 bits per heavy atom. The van der Waals surface area contributed by atoms with E-state index in [4.69, 9.17) is 18.9 Å². The zero-order valence-corrected chi connectivity index (χ0v) is 18.4. The van der Waals surface area contributed by atoms with Gasteiger partial charge in [-0.15, -0.1) is 0 Å². The van der Waals surface area contributed by atoms with Crippen molar-refractivity contribution in [1.82, 2.24) is 9.80 Å². The van der Waals surface area contributed by atoms with Gasteiger partial charge < -0.3 is 28.7 Å². The fraction of sp³-hybridized carbons (Fsp3) is 0.652. The van der Waals surface area contributed by atoms with Gasteiger partial charge in [-0.3, -0.25) is 9.59 Å². The highest BCUT2D eigenvalue weighted by atomic mass is 16.7. The highest BCUT2D eigenvalue weighted by Crippen LogP contribution is 2.29. The van der Waals surface area contributed by atoms with E-state index >= 15 is 0 Å². The number of benzene rings is 1. The monoisotopic (exact) mass is 432 g/mol. The van der Waals surface area contributed by atoms with E-state index < -0.39 is 0 Å². The van der Waals surface area contributed by atoms with Crippen molar-refractivity contribution in [2.45, 2.75) is 32.0 Å². The summed E-state index contributed by atoms with van der Waals surface area (Å²) in [4.78, 5) is 29.4. The van der Waals surface area contributed by atoms with E-state index in [-0.39, 0.29) is 29.9 Å². The Kier molecular flexibility index (Phi) is 6.97. The molecular formula is C23H32N2O6. The van der Waals surface area contributed by atoms with Crippen LogP contribution in [0.1, 0.15) is 24.8 Å². The molecule has 0 spiro atoms. The molecule has 3 saturated heterocycles. The van der Waals surface area contributed by atoms with Gasteiger partial charge >= 0.3 is 0 Å². The van der Waals surface area contributed by atoms with Crippen molar-refractivity contribution in [1.29, 1.82) is 0 Å². The first-order chi connectivity index (χ1) is 15.1. The lowest BCUT2D eigenvalue weighted by atomic mass is 9.95. The van der Waals surface area contributed by atoms with Gasteiger partial charge in [-0.1, -0.05) is 6.07 Å². The molecule has 2 atom stereocenters. The minimum Gasteiger partial charge on any atom is -0.493 e. The molecule has 0 aromatic heterocycles. The molecule has 3 aliphatic heterocycles. The van der Waals surface area contributed by atoms with E-state index in [1.165, 1.54) is 0 Å². The average molecular weight is 433 g/mol. The standard InChI is InChI=1S/C23H32N2O6/c1-28-19-6-5-16(12-20(19)29-2)7-9-24-15-18(13-21(24)26)22(27)25-8-3-4-17(14-25)23-30-10-11-31-23/h5-6,12,17-18,23H,3-4,7-11,13-15H2,1-2H3. The van der Waals surface area contributed by atoms with E-state index in [0.717, 1.165) is 24.9 Å². The largest absolute Gasteiger partial charge is 0.493 e. The predicted molar refractivity (Wildman–Crippen MR) is 113 cm³/mol. The Morgan fingerprint density at radius 1 is 1.13 bits per heavy atom. The number of methoxy groups -OCH3 is 2. The number of hydrogen-bond acceptors (Lipinski definition) is 6. The zero-order chi connectivity index (χ0) is 21.8. The van der Waals surface area contributed by atoms with Gasteiger partial charge in [0.25, 0.3) is 0 Å². The molecule has 0 aliphatic carbocycles. The average Bonchev–Trinajstić information content (AvgIpc) is 3.47. The van der Waals surface area contributed by atoms with Crippen LogP contribution < -0.4 is 9.47 Å². The first-order valence-corrected chi connectivity index (χ1v) is 11.1. The Hall–Kier alpha value is -2.32. The van der Waals surface area contributed by atoms with Gasteiger partial charge in [0.05, 0.1) is 33.4 Å². The van der Waals surface area contributed by atoms with E-state index in [2.05, 4.69) is 0 Å². The number of ether oxygens (including phenoxy) is 4. The van der Waals surface area contributed by atoms with Crippen molar-refractivity contribution in [2.75, 3.05) is 53.6 Å². The number of amides is 2. The second-order valence-corrected chi connectivity index (χ2v) is 8.48. The van der Waals surface area contributed by atoms with Gasteiger partial charge in [-0.25, -0.2) is 0 Å². The summed E-state index contributed by atoms with van der Waals surface area (Å²) in [7, 11) is 3.22. The van der Waals surface area contributed by atoms with Crippen molar-refractivity contribution in [3.8, 4) is 11.5 Å². The number of carbonyl (C=O) groups is 2. The summed E-state index contributed by atoms with van der Waals surface area (Å²) in [6.45, 7) is 3.73. The van der Waals surface area contributed by atoms with Crippen molar-refractivity contribution in [2.24, 2.45) is 11.8 Å². The van der Waals surface area contributed by atoms with Crippen molar-refractivity contribution in [3.63, 3.8) is 0 Å². The van der Waals surface area contributed by atoms with Gasteiger partial charge in [0.15, 0.2) is 17.8 Å². The molecular weight excluding hydrogens is 400 g/mol. The Morgan fingerprint density at radius 2 is 1.90 bits per heavy atom. The first-order valence-electron chi connectivity index (χ1n) is 11.1. The molecule has 8 nitrogen and oxygen atoms in total. The van der Waals surface area contributed by atoms with Crippen LogP contribution in [0.15, 0.2) is 18.2 Å². The normalized spacial score (nSPS) is 24.6. The van der Waals surface area contributed by atoms with Gasteiger partial charge in [0.1, 0.15) is 0 Å². The third kappa shape index (κ3) is 4.96. The number of nitrogens with zero attached hydrogens (tertiary/aromatic N) is 2. The fourth-order valence-corrected chi connectivity index (χ4v) is 4.79. The summed E-state index contributed by atoms with van der Waals surface area (Å²) in [6, 6.07) is 5.78. The summed E-state index contributed by atoms with van der Waals surface area (Å²) in [6.07, 6.45) is 2.76. The molecule has 31 heavy (non-hydrogen) atoms. The van der Waals surface area contributed by atoms with Crippen LogP contribution in [0.3, 0.4) is 0 Å². The Balaban J connectivity index is 1.31. The summed E-state index contributed by atoms with van der Waals surface area (Å²) in [5, 5.41) is 0. The zero-order valence-electron chi connectivity index (χ0n) is 18.4. The maximum atomic E-state index is 13.1. The molecule has 3 aliphatic rings. The fourth-order valence-electron chi connectivity index (χ4n) is 4.79. The maximum Gasteiger partial charge on any atom is 0.228 e. The smallest absolute Gasteiger partial charge is 0.228 e. The van der Waals surface area contributed by atoms with Crippen LogP contribution >= 0.6 is 0 Å². The lowest BCUT2D eigenvalue weighted by molar-refractivity contribution is -0.143. The van der Waals surface area contributed by atoms with Crippen molar-refractivity contribution >= 4 is 11.8 Å². The lowest BCUT2D eigenvalue weighted by Gasteiger charge is -2.36. The Labute approximate surface area is 183 Å². The maximum absolute atomic E-state index is 13.1. The van der Waals surface area contributed by atoms with Crippen LogP contribution in [-0.2, 0) is 25.5 Å². The molecule has 1 aromatic rings. The van der Waals surface area contributed by atoms with Gasteiger partial charge in [-0.2, -0.15) is 0 Å². The summed E-state index contributed by atoms with van der Waals surface area (Å²) < 4.78 is 21.9. The molecule has 4 rings (SSSR count). The summed E-state index contributed by atoms with van der Waals surface area (Å²) in [5.41, 5.74) is 1.07. The van der Waals surface area contributed by atoms with E-state index in [1.807, 2.05) is 28.0 Å². The second-order valence-electron chi connectivity index (χ2n) is 8.48. The van der Waals surface area contributed by atoms with E-state index in [9.17, 15) is 9.59 Å². The van der Waals surface area contributed by atoms with Gasteiger partial charge in [0.2, 0.25) is 11.8 Å². The van der Waals surface area contributed by atoms with E-state index in [0.29, 0.717) is 57.2 Å². The molecule has 0 radical (unpaired) electrons. The van der Waals surface area contributed by atoms with Crippen LogP contribution in [0.5, 0.6) is 11.5 Å². The minimum atomic E-state index is -0.262. The quantitative estimate of drug-likeness (QED) is 0.653. The summed E-state index contributed by atoms with van der Waals surface area (Å²) >= 11 is 0. The highest BCUT2D eigenvalue weighted by molar-refractivity contribution is 5.89. The van der Waals surface area contributed by atoms with Crippen molar-refractivity contribution < 1.29 is 28.5 Å². The molecule has 2 unspecified atom stereocenters. The number of likely N-dealkylation sites (tertiary alicyclic amines) is 2. The van der Waals surface area contributed by atoms with Crippen LogP contribution in [-0.4, -0.2) is 81.5 Å². The molecule has 1 aromatic carbocycles. The highest BCUT2D eigenvalue weighted by Gasteiger charge is 2.39. The first kappa shape index (κ1) is 21.9. The molecule has 0 saturated carbocycles. The van der Waals surface area contributed by atoms with Crippen LogP contribution in [0.4, 0.5) is 0 Å². The third-order valence-corrected chi connectivity index (χ3v) is 6.48. The van der Waals surface area contributed by atoms with Crippen LogP contribution in [0.25, 0.3) is 0 Å². The molecule has 0 N–H and O–H groups in total. The summed E-state index contributed by atoms with van der Waals surface area (Å²) in [5.74, 6) is 1.46. The second kappa shape index (κ2) is 9.87. The van der Waals surface area contributed by atoms with Crippen LogP contribution in [0, 0.1) is 11.8 Å².